The zero-order valence-corrected chi connectivity index (χ0v) is 34.8. The van der Waals surface area contributed by atoms with Gasteiger partial charge < -0.3 is 18.6 Å². The first-order valence-corrected chi connectivity index (χ1v) is 21.2. The van der Waals surface area contributed by atoms with E-state index in [0.717, 1.165) is 99.5 Å². The van der Waals surface area contributed by atoms with Gasteiger partial charge in [0.25, 0.3) is 0 Å². The van der Waals surface area contributed by atoms with E-state index in [1.165, 1.54) is 35.4 Å². The third-order valence-corrected chi connectivity index (χ3v) is 12.3. The summed E-state index contributed by atoms with van der Waals surface area (Å²) in [7, 11) is 0. The molecule has 0 aliphatic carbocycles. The molecule has 0 saturated heterocycles. The fraction of sp³-hybridized carbons (Fsp3) is 0.107. The number of halogens is 2. The molecule has 0 aliphatic heterocycles. The van der Waals surface area contributed by atoms with E-state index in [1.54, 1.807) is 0 Å². The third kappa shape index (κ3) is 6.42. The summed E-state index contributed by atoms with van der Waals surface area (Å²) in [5, 5.41) is 8.17. The maximum atomic E-state index is 14.1. The Morgan fingerprint density at radius 2 is 0.774 bits per heavy atom. The number of benzene rings is 9. The van der Waals surface area contributed by atoms with Crippen LogP contribution in [0.3, 0.4) is 0 Å². The maximum absolute atomic E-state index is 14.1. The summed E-state index contributed by atoms with van der Waals surface area (Å²) in [6.45, 7) is 8.75. The summed E-state index contributed by atoms with van der Waals surface area (Å²) in [6.07, 6.45) is 0. The lowest BCUT2D eigenvalue weighted by Crippen LogP contribution is -2.10. The van der Waals surface area contributed by atoms with Crippen LogP contribution in [-0.2, 0) is 0 Å². The average molecular weight is 813 g/mol. The van der Waals surface area contributed by atoms with Crippen LogP contribution in [-0.4, -0.2) is 0 Å². The van der Waals surface area contributed by atoms with Crippen molar-refractivity contribution in [2.75, 3.05) is 9.80 Å². The molecule has 4 nitrogen and oxygen atoms in total. The van der Waals surface area contributed by atoms with Crippen molar-refractivity contribution in [2.24, 2.45) is 0 Å². The fourth-order valence-electron chi connectivity index (χ4n) is 8.92. The number of nitrogens with zero attached hydrogens (tertiary/aromatic N) is 2. The Balaban J connectivity index is 1.01. The standard InChI is InChI=1S/C56H42F2N2O2/c1-33(2)35-5-15-43(16-6-35)59(45-21-11-41(57)12-22-45)47-19-9-37-29-50-49-25-26-52-55(56(49)62-53(50)31-39(37)27-47)51-30-38-10-20-48(28-40(38)32-54(51)61-52)60(46-23-13-42(58)14-24-46)44-17-7-36(8-18-44)34(3)4/h5-34H,1-4H3. The fourth-order valence-corrected chi connectivity index (χ4v) is 8.92. The second kappa shape index (κ2) is 14.6. The van der Waals surface area contributed by atoms with Crippen LogP contribution in [0, 0.1) is 11.6 Å². The van der Waals surface area contributed by atoms with Gasteiger partial charge in [0.2, 0.25) is 0 Å². The largest absolute Gasteiger partial charge is 0.456 e. The first-order valence-electron chi connectivity index (χ1n) is 21.2. The van der Waals surface area contributed by atoms with Gasteiger partial charge >= 0.3 is 0 Å². The molecule has 11 aromatic rings. The molecule has 0 amide bonds. The molecule has 0 saturated carbocycles. The van der Waals surface area contributed by atoms with Crippen molar-refractivity contribution in [1.29, 1.82) is 0 Å². The van der Waals surface area contributed by atoms with Crippen molar-refractivity contribution in [3.8, 4) is 0 Å². The predicted octanol–water partition coefficient (Wildman–Crippen LogP) is 17.3. The highest BCUT2D eigenvalue weighted by Crippen LogP contribution is 2.44. The Kier molecular flexibility index (Phi) is 8.86. The van der Waals surface area contributed by atoms with Crippen molar-refractivity contribution in [1.82, 2.24) is 0 Å². The molecule has 0 atom stereocenters. The highest BCUT2D eigenvalue weighted by atomic mass is 19.1. The number of hydrogen-bond acceptors (Lipinski definition) is 4. The predicted molar refractivity (Wildman–Crippen MR) is 253 cm³/mol. The summed E-state index contributed by atoms with van der Waals surface area (Å²) >= 11 is 0. The molecule has 9 aromatic carbocycles. The van der Waals surface area contributed by atoms with Gasteiger partial charge in [-0.1, -0.05) is 64.1 Å². The lowest BCUT2D eigenvalue weighted by molar-refractivity contribution is 0.627. The van der Waals surface area contributed by atoms with Gasteiger partial charge in [0, 0.05) is 50.3 Å². The summed E-state index contributed by atoms with van der Waals surface area (Å²) in [5.74, 6) is 0.276. The molecule has 0 N–H and O–H groups in total. The lowest BCUT2D eigenvalue weighted by atomic mass is 10.0. The van der Waals surface area contributed by atoms with Crippen LogP contribution in [0.4, 0.5) is 42.9 Å². The van der Waals surface area contributed by atoms with E-state index < -0.39 is 0 Å². The number of rotatable bonds is 8. The Bertz CT molecular complexity index is 3480. The minimum atomic E-state index is -0.274. The molecule has 6 heteroatoms. The van der Waals surface area contributed by atoms with Gasteiger partial charge in [-0.2, -0.15) is 0 Å². The Morgan fingerprint density at radius 1 is 0.355 bits per heavy atom. The molecule has 0 radical (unpaired) electrons. The van der Waals surface area contributed by atoms with Crippen LogP contribution >= 0.6 is 0 Å². The van der Waals surface area contributed by atoms with E-state index in [2.05, 4.69) is 153 Å². The van der Waals surface area contributed by atoms with Crippen molar-refractivity contribution in [3.63, 3.8) is 0 Å². The van der Waals surface area contributed by atoms with Crippen LogP contribution in [0.5, 0.6) is 0 Å². The summed E-state index contributed by atoms with van der Waals surface area (Å²) in [6, 6.07) is 56.0. The molecule has 11 rings (SSSR count). The van der Waals surface area contributed by atoms with E-state index in [1.807, 2.05) is 30.3 Å². The number of hydrogen-bond donors (Lipinski definition) is 0. The van der Waals surface area contributed by atoms with Crippen LogP contribution in [0.1, 0.15) is 50.7 Å². The molecular weight excluding hydrogens is 771 g/mol. The van der Waals surface area contributed by atoms with E-state index in [-0.39, 0.29) is 11.6 Å². The Hall–Kier alpha value is -7.44. The smallest absolute Gasteiger partial charge is 0.147 e. The molecule has 0 bridgehead atoms. The van der Waals surface area contributed by atoms with Crippen LogP contribution in [0.15, 0.2) is 179 Å². The van der Waals surface area contributed by atoms with Gasteiger partial charge in [0.15, 0.2) is 0 Å². The first kappa shape index (κ1) is 37.6. The van der Waals surface area contributed by atoms with Gasteiger partial charge in [-0.15, -0.1) is 0 Å². The van der Waals surface area contributed by atoms with Crippen LogP contribution < -0.4 is 9.80 Å². The van der Waals surface area contributed by atoms with E-state index in [4.69, 9.17) is 8.83 Å². The third-order valence-electron chi connectivity index (χ3n) is 12.3. The Morgan fingerprint density at radius 3 is 1.24 bits per heavy atom. The maximum Gasteiger partial charge on any atom is 0.147 e. The number of fused-ring (bicyclic) bond motifs is 9. The second-order valence-corrected chi connectivity index (χ2v) is 16.9. The minimum absolute atomic E-state index is 0.273. The van der Waals surface area contributed by atoms with Gasteiger partial charge in [0.1, 0.15) is 34.0 Å². The second-order valence-electron chi connectivity index (χ2n) is 16.9. The topological polar surface area (TPSA) is 32.8 Å². The molecule has 2 aromatic heterocycles. The molecule has 302 valence electrons. The molecule has 0 spiro atoms. The SMILES string of the molecule is CC(C)c1ccc(N(c2ccc(F)cc2)c2ccc3cc4c(cc3c2)oc2c4ccc3oc4cc5cc(N(c6ccc(F)cc6)c6ccc(C(C)C)cc6)ccc5cc4c32)cc1. The molecule has 0 aliphatic rings. The zero-order chi connectivity index (χ0) is 42.2. The average Bonchev–Trinajstić information content (AvgIpc) is 3.83. The Labute approximate surface area is 357 Å². The molecular formula is C56H42F2N2O2. The summed E-state index contributed by atoms with van der Waals surface area (Å²) in [5.41, 5.74) is 11.2. The van der Waals surface area contributed by atoms with Gasteiger partial charge in [0.05, 0.1) is 5.39 Å². The normalized spacial score (nSPS) is 12.0. The van der Waals surface area contributed by atoms with Crippen molar-refractivity contribution in [2.45, 2.75) is 39.5 Å². The van der Waals surface area contributed by atoms with E-state index >= 15 is 0 Å². The zero-order valence-electron chi connectivity index (χ0n) is 34.8. The minimum Gasteiger partial charge on any atom is -0.456 e. The van der Waals surface area contributed by atoms with Gasteiger partial charge in [-0.3, -0.25) is 0 Å². The van der Waals surface area contributed by atoms with E-state index in [0.29, 0.717) is 11.8 Å². The highest BCUT2D eigenvalue weighted by Gasteiger charge is 2.20. The van der Waals surface area contributed by atoms with Crippen molar-refractivity contribution >= 4 is 99.5 Å². The summed E-state index contributed by atoms with van der Waals surface area (Å²) in [4.78, 5) is 4.31. The molecule has 0 unspecified atom stereocenters. The molecule has 0 fully saturated rings. The van der Waals surface area contributed by atoms with Crippen molar-refractivity contribution < 1.29 is 17.6 Å². The quantitative estimate of drug-likeness (QED) is 0.153. The van der Waals surface area contributed by atoms with Gasteiger partial charge in [-0.05, 0) is 178 Å². The number of anilines is 6. The van der Waals surface area contributed by atoms with E-state index in [9.17, 15) is 8.78 Å². The van der Waals surface area contributed by atoms with Crippen LogP contribution in [0.25, 0.3) is 65.4 Å². The highest BCUT2D eigenvalue weighted by molar-refractivity contribution is 6.24. The van der Waals surface area contributed by atoms with Crippen molar-refractivity contribution in [3.05, 3.63) is 193 Å². The summed E-state index contributed by atoms with van der Waals surface area (Å²) < 4.78 is 41.6. The van der Waals surface area contributed by atoms with Crippen LogP contribution in [0.2, 0.25) is 0 Å². The lowest BCUT2D eigenvalue weighted by Gasteiger charge is -2.26. The van der Waals surface area contributed by atoms with Gasteiger partial charge in [-0.25, -0.2) is 8.78 Å². The monoisotopic (exact) mass is 812 g/mol. The molecule has 62 heavy (non-hydrogen) atoms. The number of furan rings is 2. The first-order chi connectivity index (χ1) is 30.1. The molecule has 2 heterocycles.